The molecule has 1 aliphatic rings. The minimum absolute atomic E-state index is 0.0489. The zero-order valence-electron chi connectivity index (χ0n) is 13.5. The van der Waals surface area contributed by atoms with Crippen LogP contribution in [0.15, 0.2) is 22.7 Å². The van der Waals surface area contributed by atoms with E-state index in [0.29, 0.717) is 19.5 Å². The van der Waals surface area contributed by atoms with Crippen molar-refractivity contribution in [2.75, 3.05) is 19.6 Å². The minimum atomic E-state index is -0.0507. The van der Waals surface area contributed by atoms with Gasteiger partial charge in [-0.2, -0.15) is 0 Å². The summed E-state index contributed by atoms with van der Waals surface area (Å²) in [7, 11) is 0. The van der Waals surface area contributed by atoms with Gasteiger partial charge in [0.2, 0.25) is 5.91 Å². The molecular formula is C17H24BrN3O2. The summed E-state index contributed by atoms with van der Waals surface area (Å²) in [6.45, 7) is 3.53. The number of hydrogen-bond donors (Lipinski definition) is 2. The lowest BCUT2D eigenvalue weighted by atomic mass is 9.99. The number of benzene rings is 1. The van der Waals surface area contributed by atoms with E-state index in [2.05, 4.69) is 21.2 Å². The zero-order valence-corrected chi connectivity index (χ0v) is 15.1. The van der Waals surface area contributed by atoms with E-state index < -0.39 is 0 Å². The largest absolute Gasteiger partial charge is 0.354 e. The van der Waals surface area contributed by atoms with E-state index in [1.54, 1.807) is 0 Å². The highest BCUT2D eigenvalue weighted by Crippen LogP contribution is 2.22. The maximum absolute atomic E-state index is 12.9. The molecule has 1 aromatic carbocycles. The Morgan fingerprint density at radius 3 is 2.87 bits per heavy atom. The van der Waals surface area contributed by atoms with E-state index in [1.807, 2.05) is 30.0 Å². The average Bonchev–Trinajstić information content (AvgIpc) is 2.53. The van der Waals surface area contributed by atoms with Crippen LogP contribution in [-0.2, 0) is 4.79 Å². The standard InChI is InChI=1S/C17H24BrN3O2/c1-12-10-13(18)5-6-15(12)17(23)21-9-3-2-4-14(21)11-20-16(22)7-8-19/h5-6,10,14H,2-4,7-9,11,19H2,1H3,(H,20,22). The summed E-state index contributed by atoms with van der Waals surface area (Å²) >= 11 is 3.43. The van der Waals surface area contributed by atoms with Crippen LogP contribution in [-0.4, -0.2) is 42.4 Å². The van der Waals surface area contributed by atoms with Gasteiger partial charge < -0.3 is 16.0 Å². The second-order valence-corrected chi connectivity index (χ2v) is 6.87. The maximum Gasteiger partial charge on any atom is 0.254 e. The van der Waals surface area contributed by atoms with Crippen LogP contribution < -0.4 is 11.1 Å². The molecule has 1 fully saturated rings. The Hall–Kier alpha value is -1.40. The number of nitrogens with one attached hydrogen (secondary N) is 1. The number of likely N-dealkylation sites (tertiary alicyclic amines) is 1. The molecule has 0 saturated carbocycles. The van der Waals surface area contributed by atoms with E-state index in [4.69, 9.17) is 5.73 Å². The Balaban J connectivity index is 2.07. The number of amides is 2. The fraction of sp³-hybridized carbons (Fsp3) is 0.529. The SMILES string of the molecule is Cc1cc(Br)ccc1C(=O)N1CCCCC1CNC(=O)CCN. The van der Waals surface area contributed by atoms with Crippen molar-refractivity contribution >= 4 is 27.7 Å². The van der Waals surface area contributed by atoms with Crippen LogP contribution in [0.3, 0.4) is 0 Å². The number of piperidine rings is 1. The summed E-state index contributed by atoms with van der Waals surface area (Å²) < 4.78 is 0.968. The van der Waals surface area contributed by atoms with Gasteiger partial charge in [0.1, 0.15) is 0 Å². The van der Waals surface area contributed by atoms with Gasteiger partial charge in [-0.1, -0.05) is 15.9 Å². The first-order chi connectivity index (χ1) is 11.0. The third-order valence-electron chi connectivity index (χ3n) is 4.21. The predicted molar refractivity (Wildman–Crippen MR) is 94.2 cm³/mol. The average molecular weight is 382 g/mol. The summed E-state index contributed by atoms with van der Waals surface area (Å²) in [5.41, 5.74) is 7.08. The van der Waals surface area contributed by atoms with Gasteiger partial charge in [-0.15, -0.1) is 0 Å². The molecule has 1 atom stereocenters. The first-order valence-corrected chi connectivity index (χ1v) is 8.86. The lowest BCUT2D eigenvalue weighted by Gasteiger charge is -2.36. The summed E-state index contributed by atoms with van der Waals surface area (Å²) in [6, 6.07) is 5.76. The third kappa shape index (κ3) is 4.78. The van der Waals surface area contributed by atoms with Gasteiger partial charge in [0, 0.05) is 42.1 Å². The summed E-state index contributed by atoms with van der Waals surface area (Å²) in [5, 5.41) is 2.89. The Kier molecular flexibility index (Phi) is 6.59. The van der Waals surface area contributed by atoms with Gasteiger partial charge in [-0.3, -0.25) is 9.59 Å². The molecule has 5 nitrogen and oxygen atoms in total. The van der Waals surface area contributed by atoms with Gasteiger partial charge in [0.25, 0.3) is 5.91 Å². The molecule has 0 bridgehead atoms. The fourth-order valence-corrected chi connectivity index (χ4v) is 3.43. The highest BCUT2D eigenvalue weighted by Gasteiger charge is 2.28. The topological polar surface area (TPSA) is 75.4 Å². The van der Waals surface area contributed by atoms with E-state index in [9.17, 15) is 9.59 Å². The van der Waals surface area contributed by atoms with Crippen molar-refractivity contribution in [2.45, 2.75) is 38.6 Å². The highest BCUT2D eigenvalue weighted by atomic mass is 79.9. The van der Waals surface area contributed by atoms with Crippen LogP contribution in [0.1, 0.15) is 41.6 Å². The van der Waals surface area contributed by atoms with Crippen LogP contribution in [0.25, 0.3) is 0 Å². The second-order valence-electron chi connectivity index (χ2n) is 5.95. The molecule has 23 heavy (non-hydrogen) atoms. The molecule has 3 N–H and O–H groups in total. The first-order valence-electron chi connectivity index (χ1n) is 8.07. The Morgan fingerprint density at radius 2 is 2.17 bits per heavy atom. The van der Waals surface area contributed by atoms with Crippen molar-refractivity contribution in [2.24, 2.45) is 5.73 Å². The molecule has 1 aliphatic heterocycles. The maximum atomic E-state index is 12.9. The van der Waals surface area contributed by atoms with E-state index in [1.165, 1.54) is 0 Å². The molecule has 0 radical (unpaired) electrons. The molecule has 0 spiro atoms. The van der Waals surface area contributed by atoms with Gasteiger partial charge in [0.05, 0.1) is 0 Å². The molecule has 1 unspecified atom stereocenters. The van der Waals surface area contributed by atoms with Crippen molar-refractivity contribution in [1.29, 1.82) is 0 Å². The van der Waals surface area contributed by atoms with Crippen LogP contribution >= 0.6 is 15.9 Å². The lowest BCUT2D eigenvalue weighted by molar-refractivity contribution is -0.121. The lowest BCUT2D eigenvalue weighted by Crippen LogP contribution is -2.49. The van der Waals surface area contributed by atoms with Crippen molar-refractivity contribution in [3.63, 3.8) is 0 Å². The quantitative estimate of drug-likeness (QED) is 0.820. The minimum Gasteiger partial charge on any atom is -0.354 e. The van der Waals surface area contributed by atoms with E-state index >= 15 is 0 Å². The number of carbonyl (C=O) groups is 2. The van der Waals surface area contributed by atoms with Crippen molar-refractivity contribution in [3.8, 4) is 0 Å². The van der Waals surface area contributed by atoms with Gasteiger partial charge >= 0.3 is 0 Å². The molecule has 1 heterocycles. The number of halogens is 1. The molecule has 126 valence electrons. The molecular weight excluding hydrogens is 358 g/mol. The van der Waals surface area contributed by atoms with Crippen LogP contribution in [0.4, 0.5) is 0 Å². The first kappa shape index (κ1) is 17.9. The van der Waals surface area contributed by atoms with Crippen molar-refractivity contribution in [1.82, 2.24) is 10.2 Å². The molecule has 1 aromatic rings. The summed E-state index contributed by atoms with van der Waals surface area (Å²) in [6.07, 6.45) is 3.34. The van der Waals surface area contributed by atoms with Crippen molar-refractivity contribution in [3.05, 3.63) is 33.8 Å². The Labute approximate surface area is 145 Å². The van der Waals surface area contributed by atoms with E-state index in [-0.39, 0.29) is 17.9 Å². The van der Waals surface area contributed by atoms with Gasteiger partial charge in [-0.25, -0.2) is 0 Å². The molecule has 2 rings (SSSR count). The molecule has 0 aliphatic carbocycles. The molecule has 1 saturated heterocycles. The monoisotopic (exact) mass is 381 g/mol. The number of nitrogens with two attached hydrogens (primary N) is 1. The number of rotatable bonds is 5. The predicted octanol–water partition coefficient (Wildman–Crippen LogP) is 2.22. The Bertz CT molecular complexity index is 577. The molecule has 6 heteroatoms. The number of nitrogens with zero attached hydrogens (tertiary/aromatic N) is 1. The second kappa shape index (κ2) is 8.45. The normalized spacial score (nSPS) is 17.9. The zero-order chi connectivity index (χ0) is 16.8. The highest BCUT2D eigenvalue weighted by molar-refractivity contribution is 9.10. The smallest absolute Gasteiger partial charge is 0.254 e. The van der Waals surface area contributed by atoms with E-state index in [0.717, 1.165) is 41.4 Å². The fourth-order valence-electron chi connectivity index (χ4n) is 2.95. The van der Waals surface area contributed by atoms with Crippen LogP contribution in [0, 0.1) is 6.92 Å². The van der Waals surface area contributed by atoms with Gasteiger partial charge in [-0.05, 0) is 49.9 Å². The number of hydrogen-bond acceptors (Lipinski definition) is 3. The van der Waals surface area contributed by atoms with Crippen LogP contribution in [0.2, 0.25) is 0 Å². The Morgan fingerprint density at radius 1 is 1.39 bits per heavy atom. The summed E-state index contributed by atoms with van der Waals surface area (Å²) in [4.78, 5) is 26.4. The van der Waals surface area contributed by atoms with Crippen LogP contribution in [0.5, 0.6) is 0 Å². The summed E-state index contributed by atoms with van der Waals surface area (Å²) in [5.74, 6) is -0.00179. The van der Waals surface area contributed by atoms with Crippen molar-refractivity contribution < 1.29 is 9.59 Å². The number of aryl methyl sites for hydroxylation is 1. The third-order valence-corrected chi connectivity index (χ3v) is 4.71. The molecule has 2 amide bonds. The van der Waals surface area contributed by atoms with Gasteiger partial charge in [0.15, 0.2) is 0 Å². The molecule has 0 aromatic heterocycles. The number of carbonyl (C=O) groups excluding carboxylic acids is 2.